The van der Waals surface area contributed by atoms with Gasteiger partial charge in [-0.25, -0.2) is 4.39 Å². The van der Waals surface area contributed by atoms with Gasteiger partial charge in [-0.2, -0.15) is 13.2 Å². The molecule has 2 unspecified atom stereocenters. The SMILES string of the molecule is COC1=C(F)C=C[C@@](C(Nc2cccc3nc(C)ccc23)C(O)CCl)(C(F)(F)F)C1. The average Bonchev–Trinajstić information content (AvgIpc) is 2.71. The number of pyridine rings is 1. The van der Waals surface area contributed by atoms with Crippen LogP contribution in [0.1, 0.15) is 12.1 Å². The molecule has 1 aromatic carbocycles. The predicted molar refractivity (Wildman–Crippen MR) is 108 cm³/mol. The number of allylic oxidation sites excluding steroid dienone is 3. The van der Waals surface area contributed by atoms with E-state index in [0.717, 1.165) is 25.0 Å². The average molecular weight is 445 g/mol. The third-order valence-corrected chi connectivity index (χ3v) is 5.62. The molecule has 2 N–H and O–H groups in total. The Morgan fingerprint density at radius 3 is 2.67 bits per heavy atom. The Balaban J connectivity index is 2.13. The van der Waals surface area contributed by atoms with E-state index in [2.05, 4.69) is 10.3 Å². The molecule has 9 heteroatoms. The van der Waals surface area contributed by atoms with Gasteiger partial charge in [0.25, 0.3) is 0 Å². The van der Waals surface area contributed by atoms with Gasteiger partial charge in [0, 0.05) is 23.2 Å². The molecule has 0 amide bonds. The molecule has 0 radical (unpaired) electrons. The van der Waals surface area contributed by atoms with Gasteiger partial charge < -0.3 is 15.2 Å². The van der Waals surface area contributed by atoms with Crippen molar-refractivity contribution in [3.8, 4) is 0 Å². The third-order valence-electron chi connectivity index (χ3n) is 5.30. The van der Waals surface area contributed by atoms with Crippen LogP contribution in [0.4, 0.5) is 23.2 Å². The minimum atomic E-state index is -4.84. The molecule has 1 aliphatic carbocycles. The number of methoxy groups -OCH3 is 1. The number of nitrogens with zero attached hydrogens (tertiary/aromatic N) is 1. The van der Waals surface area contributed by atoms with E-state index in [0.29, 0.717) is 16.6 Å². The van der Waals surface area contributed by atoms with Crippen LogP contribution in [-0.4, -0.2) is 41.4 Å². The lowest BCUT2D eigenvalue weighted by Crippen LogP contribution is -2.56. The summed E-state index contributed by atoms with van der Waals surface area (Å²) in [6, 6.07) is 6.84. The summed E-state index contributed by atoms with van der Waals surface area (Å²) < 4.78 is 62.0. The minimum Gasteiger partial charge on any atom is -0.498 e. The highest BCUT2D eigenvalue weighted by Gasteiger charge is 2.61. The third kappa shape index (κ3) is 3.98. The lowest BCUT2D eigenvalue weighted by molar-refractivity contribution is -0.219. The summed E-state index contributed by atoms with van der Waals surface area (Å²) in [7, 11) is 1.11. The second-order valence-electron chi connectivity index (χ2n) is 7.19. The van der Waals surface area contributed by atoms with Gasteiger partial charge in [0.1, 0.15) is 11.2 Å². The number of ether oxygens (including phenoxy) is 1. The van der Waals surface area contributed by atoms with Gasteiger partial charge in [-0.1, -0.05) is 12.1 Å². The molecule has 0 spiro atoms. The van der Waals surface area contributed by atoms with Gasteiger partial charge >= 0.3 is 6.18 Å². The van der Waals surface area contributed by atoms with Gasteiger partial charge in [0.2, 0.25) is 0 Å². The molecule has 0 saturated carbocycles. The molecule has 4 nitrogen and oxygen atoms in total. The molecule has 2 aromatic rings. The van der Waals surface area contributed by atoms with Crippen molar-refractivity contribution in [3.63, 3.8) is 0 Å². The lowest BCUT2D eigenvalue weighted by atomic mass is 9.71. The number of aliphatic hydroxyl groups excluding tert-OH is 1. The Morgan fingerprint density at radius 2 is 2.03 bits per heavy atom. The van der Waals surface area contributed by atoms with Crippen molar-refractivity contribution < 1.29 is 27.4 Å². The zero-order valence-electron chi connectivity index (χ0n) is 16.3. The number of aryl methyl sites for hydroxylation is 1. The smallest absolute Gasteiger partial charge is 0.400 e. The second kappa shape index (κ2) is 8.43. The predicted octanol–water partition coefficient (Wildman–Crippen LogP) is 5.26. The Morgan fingerprint density at radius 1 is 1.30 bits per heavy atom. The number of benzene rings is 1. The molecular weight excluding hydrogens is 424 g/mol. The number of anilines is 1. The van der Waals surface area contributed by atoms with Crippen molar-refractivity contribution in [1.29, 1.82) is 0 Å². The van der Waals surface area contributed by atoms with Crippen LogP contribution >= 0.6 is 11.6 Å². The zero-order valence-corrected chi connectivity index (χ0v) is 17.1. The number of aromatic nitrogens is 1. The van der Waals surface area contributed by atoms with E-state index >= 15 is 0 Å². The van der Waals surface area contributed by atoms with Crippen LogP contribution in [0.25, 0.3) is 10.9 Å². The molecule has 0 fully saturated rings. The maximum atomic E-state index is 14.4. The molecule has 0 aliphatic heterocycles. The number of rotatable bonds is 6. The number of hydrogen-bond donors (Lipinski definition) is 2. The van der Waals surface area contributed by atoms with Gasteiger partial charge in [-0.15, -0.1) is 11.6 Å². The number of aliphatic hydroxyl groups is 1. The fourth-order valence-corrected chi connectivity index (χ4v) is 3.86. The molecule has 0 bridgehead atoms. The maximum absolute atomic E-state index is 14.4. The zero-order chi connectivity index (χ0) is 22.1. The highest BCUT2D eigenvalue weighted by molar-refractivity contribution is 6.18. The highest BCUT2D eigenvalue weighted by Crippen LogP contribution is 2.51. The summed E-state index contributed by atoms with van der Waals surface area (Å²) in [6.07, 6.45) is -5.79. The van der Waals surface area contributed by atoms with Crippen LogP contribution in [0.5, 0.6) is 0 Å². The summed E-state index contributed by atoms with van der Waals surface area (Å²) in [4.78, 5) is 4.38. The first-order valence-corrected chi connectivity index (χ1v) is 9.72. The van der Waals surface area contributed by atoms with E-state index in [9.17, 15) is 22.7 Å². The first kappa shape index (κ1) is 22.4. The summed E-state index contributed by atoms with van der Waals surface area (Å²) >= 11 is 5.77. The van der Waals surface area contributed by atoms with Crippen LogP contribution in [0.2, 0.25) is 0 Å². The number of alkyl halides is 4. The molecule has 162 valence electrons. The Hall–Kier alpha value is -2.32. The molecular formula is C21H21ClF4N2O2. The quantitative estimate of drug-likeness (QED) is 0.471. The molecule has 1 heterocycles. The normalized spacial score (nSPS) is 21.6. The minimum absolute atomic E-state index is 0.347. The van der Waals surface area contributed by atoms with Gasteiger partial charge in [-0.3, -0.25) is 4.98 Å². The Bertz CT molecular complexity index is 993. The molecule has 1 aliphatic rings. The van der Waals surface area contributed by atoms with E-state index in [1.54, 1.807) is 37.3 Å². The summed E-state index contributed by atoms with van der Waals surface area (Å²) in [6.45, 7) is 1.80. The fourth-order valence-electron chi connectivity index (χ4n) is 3.69. The van der Waals surface area contributed by atoms with Crippen molar-refractivity contribution in [2.45, 2.75) is 31.7 Å². The molecule has 1 aromatic heterocycles. The molecule has 3 rings (SSSR count). The highest BCUT2D eigenvalue weighted by atomic mass is 35.5. The molecule has 0 saturated heterocycles. The lowest BCUT2D eigenvalue weighted by Gasteiger charge is -2.44. The maximum Gasteiger partial charge on any atom is 0.400 e. The van der Waals surface area contributed by atoms with E-state index in [1.165, 1.54) is 0 Å². The van der Waals surface area contributed by atoms with Gasteiger partial charge in [0.05, 0.1) is 30.7 Å². The van der Waals surface area contributed by atoms with Crippen molar-refractivity contribution in [3.05, 3.63) is 59.8 Å². The summed E-state index contributed by atoms with van der Waals surface area (Å²) in [5.41, 5.74) is -0.963. The van der Waals surface area contributed by atoms with Crippen LogP contribution in [0, 0.1) is 12.3 Å². The Labute approximate surface area is 176 Å². The standard InChI is InChI=1S/C21H21ClF4N2O2/c1-12-6-7-13-15(27-12)4-3-5-16(13)28-19(17(29)11-22)20(21(24,25)26)9-8-14(23)18(10-20)30-2/h3-9,17,19,28-29H,10-11H2,1-2H3/t17?,19?,20-/m1/s1. The monoisotopic (exact) mass is 444 g/mol. The van der Waals surface area contributed by atoms with E-state index in [-0.39, 0.29) is 0 Å². The fraction of sp³-hybridized carbons (Fsp3) is 0.381. The van der Waals surface area contributed by atoms with Crippen molar-refractivity contribution in [2.75, 3.05) is 18.3 Å². The van der Waals surface area contributed by atoms with Crippen molar-refractivity contribution in [2.24, 2.45) is 5.41 Å². The van der Waals surface area contributed by atoms with Crippen LogP contribution in [-0.2, 0) is 4.74 Å². The summed E-state index contributed by atoms with van der Waals surface area (Å²) in [5, 5.41) is 13.9. The number of nitrogens with one attached hydrogen (secondary N) is 1. The topological polar surface area (TPSA) is 54.4 Å². The summed E-state index contributed by atoms with van der Waals surface area (Å²) in [5.74, 6) is -1.79. The molecule has 30 heavy (non-hydrogen) atoms. The van der Waals surface area contributed by atoms with E-state index < -0.39 is 47.6 Å². The van der Waals surface area contributed by atoms with Crippen LogP contribution in [0.3, 0.4) is 0 Å². The van der Waals surface area contributed by atoms with Crippen molar-refractivity contribution >= 4 is 28.2 Å². The Kier molecular flexibility index (Phi) is 6.29. The number of hydrogen-bond acceptors (Lipinski definition) is 4. The first-order valence-electron chi connectivity index (χ1n) is 9.18. The number of fused-ring (bicyclic) bond motifs is 1. The van der Waals surface area contributed by atoms with Crippen LogP contribution < -0.4 is 5.32 Å². The first-order chi connectivity index (χ1) is 14.1. The van der Waals surface area contributed by atoms with E-state index in [4.69, 9.17) is 16.3 Å². The van der Waals surface area contributed by atoms with Crippen molar-refractivity contribution in [1.82, 2.24) is 4.98 Å². The largest absolute Gasteiger partial charge is 0.498 e. The number of halogens is 5. The van der Waals surface area contributed by atoms with Gasteiger partial charge in [0.15, 0.2) is 5.83 Å². The second-order valence-corrected chi connectivity index (χ2v) is 7.50. The van der Waals surface area contributed by atoms with Gasteiger partial charge in [-0.05, 0) is 37.3 Å². The molecule has 3 atom stereocenters. The van der Waals surface area contributed by atoms with E-state index in [1.807, 2.05) is 0 Å². The van der Waals surface area contributed by atoms with Crippen LogP contribution in [0.15, 0.2) is 54.1 Å².